The number of carboxylic acids is 1. The number of nitrogens with zero attached hydrogens (tertiary/aromatic N) is 3. The van der Waals surface area contributed by atoms with Gasteiger partial charge in [-0.3, -0.25) is 4.79 Å². The normalized spacial score (nSPS) is 23.3. The number of hydrogen-bond acceptors (Lipinski definition) is 5. The van der Waals surface area contributed by atoms with Crippen LogP contribution in [-0.4, -0.2) is 26.0 Å². The van der Waals surface area contributed by atoms with E-state index in [1.54, 1.807) is 12.4 Å². The molecule has 2 aromatic heterocycles. The first-order valence-corrected chi connectivity index (χ1v) is 6.52. The van der Waals surface area contributed by atoms with Crippen molar-refractivity contribution in [2.24, 2.45) is 5.92 Å². The molecule has 1 N–H and O–H groups in total. The predicted octanol–water partition coefficient (Wildman–Crippen LogP) is 2.22. The standard InChI is InChI=1S/C12H11N3O2S/c16-12(17)8-4-2-1-3-7(8)10-15-9-11(18-10)14-6-5-13-9/h1-2,5-8H,3-4H2,(H,16,17). The maximum Gasteiger partial charge on any atom is 0.307 e. The smallest absolute Gasteiger partial charge is 0.307 e. The lowest BCUT2D eigenvalue weighted by Crippen LogP contribution is -2.23. The van der Waals surface area contributed by atoms with Crippen LogP contribution in [0.5, 0.6) is 0 Å². The summed E-state index contributed by atoms with van der Waals surface area (Å²) in [6.07, 6.45) is 8.46. The number of aliphatic carboxylic acids is 1. The molecule has 0 spiro atoms. The van der Waals surface area contributed by atoms with Crippen LogP contribution in [0.3, 0.4) is 0 Å². The molecule has 2 heterocycles. The van der Waals surface area contributed by atoms with Crippen molar-refractivity contribution in [2.75, 3.05) is 0 Å². The molecular formula is C12H11N3O2S. The van der Waals surface area contributed by atoms with Crippen LogP contribution >= 0.6 is 11.3 Å². The van der Waals surface area contributed by atoms with Gasteiger partial charge in [0.2, 0.25) is 0 Å². The highest BCUT2D eigenvalue weighted by Crippen LogP contribution is 2.37. The Morgan fingerprint density at radius 1 is 1.28 bits per heavy atom. The molecule has 0 saturated carbocycles. The van der Waals surface area contributed by atoms with E-state index in [0.717, 1.165) is 16.3 Å². The Hall–Kier alpha value is -1.82. The zero-order valence-corrected chi connectivity index (χ0v) is 10.3. The molecule has 1 aliphatic carbocycles. The van der Waals surface area contributed by atoms with Crippen LogP contribution in [0.1, 0.15) is 23.8 Å². The Kier molecular flexibility index (Phi) is 2.79. The fraction of sp³-hybridized carbons (Fsp3) is 0.333. The quantitative estimate of drug-likeness (QED) is 0.839. The van der Waals surface area contributed by atoms with E-state index >= 15 is 0 Å². The number of allylic oxidation sites excluding steroid dienone is 2. The average Bonchev–Trinajstić information content (AvgIpc) is 2.82. The largest absolute Gasteiger partial charge is 0.481 e. The number of thiazole rings is 1. The third-order valence-corrected chi connectivity index (χ3v) is 4.22. The maximum absolute atomic E-state index is 11.3. The topological polar surface area (TPSA) is 76.0 Å². The van der Waals surface area contributed by atoms with Crippen LogP contribution in [0.25, 0.3) is 10.5 Å². The summed E-state index contributed by atoms with van der Waals surface area (Å²) in [5.74, 6) is -1.21. The minimum atomic E-state index is -0.760. The molecule has 92 valence electrons. The summed E-state index contributed by atoms with van der Waals surface area (Å²) in [7, 11) is 0. The van der Waals surface area contributed by atoms with Gasteiger partial charge in [0.25, 0.3) is 0 Å². The molecule has 2 unspecified atom stereocenters. The Bertz CT molecular complexity index is 590. The van der Waals surface area contributed by atoms with Gasteiger partial charge in [-0.05, 0) is 12.8 Å². The lowest BCUT2D eigenvalue weighted by atomic mass is 9.83. The summed E-state index contributed by atoms with van der Waals surface area (Å²) in [6, 6.07) is 0. The van der Waals surface area contributed by atoms with E-state index in [1.165, 1.54) is 11.3 Å². The van der Waals surface area contributed by atoms with Crippen molar-refractivity contribution in [2.45, 2.75) is 18.8 Å². The first-order valence-electron chi connectivity index (χ1n) is 5.71. The summed E-state index contributed by atoms with van der Waals surface area (Å²) < 4.78 is 0. The van der Waals surface area contributed by atoms with Crippen molar-refractivity contribution >= 4 is 27.8 Å². The second-order valence-electron chi connectivity index (χ2n) is 4.23. The fourth-order valence-corrected chi connectivity index (χ4v) is 3.26. The predicted molar refractivity (Wildman–Crippen MR) is 67.5 cm³/mol. The van der Waals surface area contributed by atoms with Crippen molar-refractivity contribution < 1.29 is 9.90 Å². The van der Waals surface area contributed by atoms with E-state index in [0.29, 0.717) is 12.1 Å². The van der Waals surface area contributed by atoms with Crippen LogP contribution in [0.4, 0.5) is 0 Å². The first-order chi connectivity index (χ1) is 8.75. The number of aromatic nitrogens is 3. The molecule has 2 aromatic rings. The highest BCUT2D eigenvalue weighted by molar-refractivity contribution is 7.18. The molecule has 0 aliphatic heterocycles. The van der Waals surface area contributed by atoms with Gasteiger partial charge in [0, 0.05) is 18.3 Å². The monoisotopic (exact) mass is 261 g/mol. The van der Waals surface area contributed by atoms with Crippen molar-refractivity contribution in [3.63, 3.8) is 0 Å². The Labute approximate surface area is 107 Å². The molecule has 0 amide bonds. The minimum Gasteiger partial charge on any atom is -0.481 e. The van der Waals surface area contributed by atoms with Gasteiger partial charge < -0.3 is 5.11 Å². The van der Waals surface area contributed by atoms with Gasteiger partial charge in [-0.1, -0.05) is 23.5 Å². The van der Waals surface area contributed by atoms with Crippen LogP contribution < -0.4 is 0 Å². The molecule has 0 saturated heterocycles. The van der Waals surface area contributed by atoms with Gasteiger partial charge in [-0.25, -0.2) is 15.0 Å². The highest BCUT2D eigenvalue weighted by atomic mass is 32.1. The molecule has 3 rings (SSSR count). The molecule has 2 atom stereocenters. The van der Waals surface area contributed by atoms with Gasteiger partial charge in [0.15, 0.2) is 10.5 Å². The number of carbonyl (C=O) groups is 1. The molecule has 0 bridgehead atoms. The van der Waals surface area contributed by atoms with E-state index in [-0.39, 0.29) is 5.92 Å². The number of fused-ring (bicyclic) bond motifs is 1. The third-order valence-electron chi connectivity index (χ3n) is 3.13. The highest BCUT2D eigenvalue weighted by Gasteiger charge is 2.32. The minimum absolute atomic E-state index is 0.0616. The summed E-state index contributed by atoms with van der Waals surface area (Å²) in [5.41, 5.74) is 0.608. The number of hydrogen-bond donors (Lipinski definition) is 1. The molecule has 1 aliphatic rings. The van der Waals surface area contributed by atoms with Gasteiger partial charge >= 0.3 is 5.97 Å². The Morgan fingerprint density at radius 2 is 2.06 bits per heavy atom. The molecular weight excluding hydrogens is 250 g/mol. The Morgan fingerprint density at radius 3 is 2.83 bits per heavy atom. The van der Waals surface area contributed by atoms with Crippen molar-refractivity contribution in [3.05, 3.63) is 29.6 Å². The molecule has 0 fully saturated rings. The fourth-order valence-electron chi connectivity index (χ4n) is 2.21. The van der Waals surface area contributed by atoms with E-state index in [4.69, 9.17) is 0 Å². The summed E-state index contributed by atoms with van der Waals surface area (Å²) in [4.78, 5) is 24.8. The van der Waals surface area contributed by atoms with Gasteiger partial charge in [0.05, 0.1) is 5.92 Å². The lowest BCUT2D eigenvalue weighted by molar-refractivity contribution is -0.142. The van der Waals surface area contributed by atoms with Crippen molar-refractivity contribution in [1.82, 2.24) is 15.0 Å². The van der Waals surface area contributed by atoms with Gasteiger partial charge in [-0.15, -0.1) is 0 Å². The number of carboxylic acid groups (broad SMARTS) is 1. The molecule has 6 heteroatoms. The van der Waals surface area contributed by atoms with Crippen LogP contribution in [0.15, 0.2) is 24.5 Å². The van der Waals surface area contributed by atoms with Crippen molar-refractivity contribution in [3.8, 4) is 0 Å². The second kappa shape index (κ2) is 4.45. The summed E-state index contributed by atoms with van der Waals surface area (Å²) in [6.45, 7) is 0. The molecule has 0 aromatic carbocycles. The van der Waals surface area contributed by atoms with Crippen LogP contribution in [0, 0.1) is 5.92 Å². The summed E-state index contributed by atoms with van der Waals surface area (Å²) >= 11 is 1.44. The maximum atomic E-state index is 11.3. The average molecular weight is 261 g/mol. The zero-order chi connectivity index (χ0) is 12.5. The van der Waals surface area contributed by atoms with Gasteiger partial charge in [-0.2, -0.15) is 0 Å². The lowest BCUT2D eigenvalue weighted by Gasteiger charge is -2.22. The molecule has 5 nitrogen and oxygen atoms in total. The van der Waals surface area contributed by atoms with Crippen LogP contribution in [-0.2, 0) is 4.79 Å². The Balaban J connectivity index is 2.02. The SMILES string of the molecule is O=C(O)C1CC=CCC1c1nc2nccnc2s1. The molecule has 0 radical (unpaired) electrons. The van der Waals surface area contributed by atoms with Gasteiger partial charge in [0.1, 0.15) is 5.01 Å². The molecule has 18 heavy (non-hydrogen) atoms. The van der Waals surface area contributed by atoms with E-state index in [2.05, 4.69) is 15.0 Å². The van der Waals surface area contributed by atoms with Crippen molar-refractivity contribution in [1.29, 1.82) is 0 Å². The second-order valence-corrected chi connectivity index (χ2v) is 5.24. The first kappa shape index (κ1) is 11.3. The number of rotatable bonds is 2. The third kappa shape index (κ3) is 1.88. The van der Waals surface area contributed by atoms with E-state index in [9.17, 15) is 9.90 Å². The van der Waals surface area contributed by atoms with E-state index < -0.39 is 11.9 Å². The zero-order valence-electron chi connectivity index (χ0n) is 9.48. The van der Waals surface area contributed by atoms with E-state index in [1.807, 2.05) is 12.2 Å². The summed E-state index contributed by atoms with van der Waals surface area (Å²) in [5, 5.41) is 10.1. The van der Waals surface area contributed by atoms with Crippen LogP contribution in [0.2, 0.25) is 0 Å².